The maximum atomic E-state index is 5.15. The Balaban J connectivity index is 2.28. The van der Waals surface area contributed by atoms with Gasteiger partial charge in [0.05, 0.1) is 23.9 Å². The molecule has 0 saturated heterocycles. The van der Waals surface area contributed by atoms with Gasteiger partial charge in [-0.05, 0) is 12.1 Å². The van der Waals surface area contributed by atoms with Crippen LogP contribution in [-0.2, 0) is 16.0 Å². The molecule has 2 rings (SSSR count). The second kappa shape index (κ2) is 4.42. The summed E-state index contributed by atoms with van der Waals surface area (Å²) in [5.74, 6) is 0. The van der Waals surface area contributed by atoms with E-state index < -0.39 is 0 Å². The number of hydrogen-bond donors (Lipinski definition) is 0. The van der Waals surface area contributed by atoms with E-state index in [1.165, 1.54) is 0 Å². The van der Waals surface area contributed by atoms with E-state index in [-0.39, 0.29) is 6.29 Å². The summed E-state index contributed by atoms with van der Waals surface area (Å²) in [4.78, 5) is 4.29. The summed E-state index contributed by atoms with van der Waals surface area (Å²) >= 11 is 0. The van der Waals surface area contributed by atoms with Crippen LogP contribution in [0.25, 0.3) is 11.0 Å². The predicted octanol–water partition coefficient (Wildman–Crippen LogP) is 1.66. The largest absolute Gasteiger partial charge is 0.354 e. The molecule has 0 fully saturated rings. The van der Waals surface area contributed by atoms with E-state index in [4.69, 9.17) is 9.47 Å². The van der Waals surface area contributed by atoms with Gasteiger partial charge >= 0.3 is 0 Å². The van der Waals surface area contributed by atoms with Crippen molar-refractivity contribution in [2.24, 2.45) is 0 Å². The summed E-state index contributed by atoms with van der Waals surface area (Å²) in [6, 6.07) is 7.99. The minimum Gasteiger partial charge on any atom is -0.354 e. The lowest BCUT2D eigenvalue weighted by atomic mass is 10.3. The molecule has 0 amide bonds. The second-order valence-electron chi connectivity index (χ2n) is 3.29. The highest BCUT2D eigenvalue weighted by molar-refractivity contribution is 5.74. The number of para-hydroxylation sites is 2. The molecule has 0 unspecified atom stereocenters. The molecule has 0 saturated carbocycles. The summed E-state index contributed by atoms with van der Waals surface area (Å²) in [5, 5.41) is 0. The monoisotopic (exact) mass is 206 g/mol. The molecule has 0 spiro atoms. The van der Waals surface area contributed by atoms with Gasteiger partial charge in [0.25, 0.3) is 0 Å². The lowest BCUT2D eigenvalue weighted by molar-refractivity contribution is -0.110. The second-order valence-corrected chi connectivity index (χ2v) is 3.29. The van der Waals surface area contributed by atoms with Gasteiger partial charge in [0.2, 0.25) is 0 Å². The van der Waals surface area contributed by atoms with Crippen LogP contribution in [0, 0.1) is 0 Å². The molecule has 1 aromatic heterocycles. The van der Waals surface area contributed by atoms with Crippen LogP contribution in [0.1, 0.15) is 0 Å². The van der Waals surface area contributed by atoms with Crippen LogP contribution in [-0.4, -0.2) is 30.1 Å². The molecule has 80 valence electrons. The average molecular weight is 206 g/mol. The van der Waals surface area contributed by atoms with Gasteiger partial charge in [-0.25, -0.2) is 4.98 Å². The van der Waals surface area contributed by atoms with Gasteiger partial charge < -0.3 is 14.0 Å². The number of benzene rings is 1. The SMILES string of the molecule is COC(Cn1cnc2ccccc21)OC. The summed E-state index contributed by atoms with van der Waals surface area (Å²) < 4.78 is 12.3. The summed E-state index contributed by atoms with van der Waals surface area (Å²) in [5.41, 5.74) is 2.08. The fourth-order valence-corrected chi connectivity index (χ4v) is 1.56. The van der Waals surface area contributed by atoms with Crippen LogP contribution >= 0.6 is 0 Å². The maximum absolute atomic E-state index is 5.15. The van der Waals surface area contributed by atoms with E-state index in [1.54, 1.807) is 20.5 Å². The standard InChI is InChI=1S/C11H14N2O2/c1-14-11(15-2)7-13-8-12-9-5-3-4-6-10(9)13/h3-6,8,11H,7H2,1-2H3. The zero-order valence-corrected chi connectivity index (χ0v) is 8.88. The van der Waals surface area contributed by atoms with E-state index in [9.17, 15) is 0 Å². The first kappa shape index (κ1) is 10.1. The predicted molar refractivity (Wildman–Crippen MR) is 57.5 cm³/mol. The molecular formula is C11H14N2O2. The van der Waals surface area contributed by atoms with Crippen molar-refractivity contribution in [2.45, 2.75) is 12.8 Å². The summed E-state index contributed by atoms with van der Waals surface area (Å²) in [7, 11) is 3.26. The molecule has 2 aromatic rings. The van der Waals surface area contributed by atoms with E-state index >= 15 is 0 Å². The Labute approximate surface area is 88.4 Å². The Hall–Kier alpha value is -1.39. The number of aromatic nitrogens is 2. The molecule has 1 aromatic carbocycles. The molecule has 0 N–H and O–H groups in total. The molecule has 0 aliphatic rings. The minimum absolute atomic E-state index is 0.234. The first-order valence-electron chi connectivity index (χ1n) is 4.80. The van der Waals surface area contributed by atoms with Crippen LogP contribution in [0.15, 0.2) is 30.6 Å². The Morgan fingerprint density at radius 2 is 2.00 bits per heavy atom. The Bertz CT molecular complexity index is 435. The first-order valence-corrected chi connectivity index (χ1v) is 4.80. The molecule has 0 atom stereocenters. The van der Waals surface area contributed by atoms with Crippen LogP contribution in [0.4, 0.5) is 0 Å². The quantitative estimate of drug-likeness (QED) is 0.714. The third-order valence-electron chi connectivity index (χ3n) is 2.40. The van der Waals surface area contributed by atoms with Crippen molar-refractivity contribution in [3.63, 3.8) is 0 Å². The summed E-state index contributed by atoms with van der Waals surface area (Å²) in [6.07, 6.45) is 1.57. The van der Waals surface area contributed by atoms with Crippen molar-refractivity contribution in [3.8, 4) is 0 Å². The molecular weight excluding hydrogens is 192 g/mol. The van der Waals surface area contributed by atoms with Crippen molar-refractivity contribution < 1.29 is 9.47 Å². The number of hydrogen-bond acceptors (Lipinski definition) is 3. The van der Waals surface area contributed by atoms with Gasteiger partial charge in [0.1, 0.15) is 0 Å². The maximum Gasteiger partial charge on any atom is 0.174 e. The van der Waals surface area contributed by atoms with Crippen LogP contribution in [0.5, 0.6) is 0 Å². The summed E-state index contributed by atoms with van der Waals surface area (Å²) in [6.45, 7) is 0.646. The molecule has 4 heteroatoms. The molecule has 4 nitrogen and oxygen atoms in total. The number of ether oxygens (including phenoxy) is 2. The fraction of sp³-hybridized carbons (Fsp3) is 0.364. The van der Waals surface area contributed by atoms with Gasteiger partial charge in [0, 0.05) is 14.2 Å². The van der Waals surface area contributed by atoms with Gasteiger partial charge in [-0.15, -0.1) is 0 Å². The number of methoxy groups -OCH3 is 2. The fourth-order valence-electron chi connectivity index (χ4n) is 1.56. The van der Waals surface area contributed by atoms with Crippen molar-refractivity contribution in [1.82, 2.24) is 9.55 Å². The van der Waals surface area contributed by atoms with Crippen molar-refractivity contribution in [3.05, 3.63) is 30.6 Å². The van der Waals surface area contributed by atoms with E-state index in [0.29, 0.717) is 6.54 Å². The Morgan fingerprint density at radius 1 is 1.27 bits per heavy atom. The number of nitrogens with zero attached hydrogens (tertiary/aromatic N) is 2. The first-order chi connectivity index (χ1) is 7.35. The minimum atomic E-state index is -0.234. The van der Waals surface area contributed by atoms with Gasteiger partial charge in [-0.2, -0.15) is 0 Å². The zero-order chi connectivity index (χ0) is 10.7. The number of fused-ring (bicyclic) bond motifs is 1. The highest BCUT2D eigenvalue weighted by Crippen LogP contribution is 2.12. The zero-order valence-electron chi connectivity index (χ0n) is 8.88. The van der Waals surface area contributed by atoms with Crippen LogP contribution < -0.4 is 0 Å². The van der Waals surface area contributed by atoms with Gasteiger partial charge in [-0.1, -0.05) is 12.1 Å². The van der Waals surface area contributed by atoms with Gasteiger partial charge in [0.15, 0.2) is 6.29 Å². The lowest BCUT2D eigenvalue weighted by Gasteiger charge is -2.14. The van der Waals surface area contributed by atoms with Crippen LogP contribution in [0.2, 0.25) is 0 Å². The highest BCUT2D eigenvalue weighted by Gasteiger charge is 2.08. The van der Waals surface area contributed by atoms with Crippen molar-refractivity contribution >= 4 is 11.0 Å². The number of imidazole rings is 1. The average Bonchev–Trinajstić information content (AvgIpc) is 2.69. The molecule has 0 aliphatic heterocycles. The molecule has 0 bridgehead atoms. The molecule has 1 heterocycles. The van der Waals surface area contributed by atoms with Crippen molar-refractivity contribution in [1.29, 1.82) is 0 Å². The third kappa shape index (κ3) is 2.00. The Kier molecular flexibility index (Phi) is 2.99. The smallest absolute Gasteiger partial charge is 0.174 e. The lowest BCUT2D eigenvalue weighted by Crippen LogP contribution is -2.19. The molecule has 0 aliphatic carbocycles. The third-order valence-corrected chi connectivity index (χ3v) is 2.40. The van der Waals surface area contributed by atoms with E-state index in [1.807, 2.05) is 28.8 Å². The van der Waals surface area contributed by atoms with Crippen LogP contribution in [0.3, 0.4) is 0 Å². The molecule has 0 radical (unpaired) electrons. The van der Waals surface area contributed by atoms with E-state index in [0.717, 1.165) is 11.0 Å². The van der Waals surface area contributed by atoms with Gasteiger partial charge in [-0.3, -0.25) is 0 Å². The Morgan fingerprint density at radius 3 is 2.73 bits per heavy atom. The normalized spacial score (nSPS) is 11.4. The topological polar surface area (TPSA) is 36.3 Å². The van der Waals surface area contributed by atoms with E-state index in [2.05, 4.69) is 4.98 Å². The molecule has 15 heavy (non-hydrogen) atoms. The highest BCUT2D eigenvalue weighted by atomic mass is 16.7. The number of rotatable bonds is 4. The van der Waals surface area contributed by atoms with Crippen molar-refractivity contribution in [2.75, 3.05) is 14.2 Å².